The summed E-state index contributed by atoms with van der Waals surface area (Å²) in [7, 11) is 0. The Hall–Kier alpha value is -3.77. The average Bonchev–Trinajstić information content (AvgIpc) is 3.30. The highest BCUT2D eigenvalue weighted by molar-refractivity contribution is 7.80. The zero-order valence-corrected chi connectivity index (χ0v) is 17.0. The molecule has 0 aliphatic heterocycles. The molecule has 0 radical (unpaired) electrons. The molecular formula is C18H13N7O3S2. The van der Waals surface area contributed by atoms with Gasteiger partial charge in [0.05, 0.1) is 4.92 Å². The number of thiocarbonyl (C=S) groups is 1. The first-order valence-corrected chi connectivity index (χ1v) is 9.79. The van der Waals surface area contributed by atoms with Crippen LogP contribution >= 0.6 is 23.6 Å². The third-order valence-corrected chi connectivity index (χ3v) is 5.23. The summed E-state index contributed by atoms with van der Waals surface area (Å²) in [4.78, 5) is 23.3. The molecule has 0 atom stereocenters. The van der Waals surface area contributed by atoms with Crippen molar-refractivity contribution in [1.82, 2.24) is 25.1 Å². The fourth-order valence-corrected chi connectivity index (χ4v) is 3.73. The molecule has 2 heterocycles. The van der Waals surface area contributed by atoms with Gasteiger partial charge in [-0.3, -0.25) is 20.2 Å². The van der Waals surface area contributed by atoms with Gasteiger partial charge in [-0.05, 0) is 49.5 Å². The van der Waals surface area contributed by atoms with Gasteiger partial charge in [-0.1, -0.05) is 17.4 Å². The van der Waals surface area contributed by atoms with Crippen molar-refractivity contribution >= 4 is 50.9 Å². The van der Waals surface area contributed by atoms with Crippen LogP contribution in [0.2, 0.25) is 0 Å². The number of amides is 1. The van der Waals surface area contributed by atoms with E-state index in [0.717, 1.165) is 21.4 Å². The molecule has 150 valence electrons. The van der Waals surface area contributed by atoms with Crippen LogP contribution < -0.4 is 10.6 Å². The molecule has 10 nitrogen and oxygen atoms in total. The molecule has 4 rings (SSSR count). The number of nitrogens with one attached hydrogen (secondary N) is 2. The number of rotatable bonds is 4. The van der Waals surface area contributed by atoms with E-state index in [1.807, 2.05) is 19.1 Å². The van der Waals surface area contributed by atoms with Crippen LogP contribution in [0, 0.1) is 17.0 Å². The summed E-state index contributed by atoms with van der Waals surface area (Å²) < 4.78 is 1.69. The monoisotopic (exact) mass is 439 g/mol. The van der Waals surface area contributed by atoms with Crippen molar-refractivity contribution < 1.29 is 9.72 Å². The first-order chi connectivity index (χ1) is 14.4. The third kappa shape index (κ3) is 3.99. The van der Waals surface area contributed by atoms with Gasteiger partial charge in [-0.15, -0.1) is 10.2 Å². The summed E-state index contributed by atoms with van der Waals surface area (Å²) in [6, 6.07) is 12.8. The molecule has 2 aromatic carbocycles. The van der Waals surface area contributed by atoms with Gasteiger partial charge in [0, 0.05) is 28.9 Å². The molecule has 1 amide bonds. The minimum absolute atomic E-state index is 0.0775. The SMILES string of the molecule is Cc1nnc2sc(-c3ccc(NC(=S)NC(=O)c4cccc([N+](=O)[O-])c4)cc3)nn12. The number of non-ortho nitro benzene ring substituents is 1. The zero-order chi connectivity index (χ0) is 21.3. The number of nitrogens with zero attached hydrogens (tertiary/aromatic N) is 5. The molecule has 0 spiro atoms. The second kappa shape index (κ2) is 7.93. The number of anilines is 1. The zero-order valence-electron chi connectivity index (χ0n) is 15.4. The topological polar surface area (TPSA) is 127 Å². The van der Waals surface area contributed by atoms with E-state index >= 15 is 0 Å². The van der Waals surface area contributed by atoms with Gasteiger partial charge in [0.2, 0.25) is 4.96 Å². The number of hydrogen-bond donors (Lipinski definition) is 2. The van der Waals surface area contributed by atoms with E-state index in [4.69, 9.17) is 12.2 Å². The van der Waals surface area contributed by atoms with Crippen LogP contribution in [0.4, 0.5) is 11.4 Å². The number of hydrogen-bond acceptors (Lipinski definition) is 8. The number of carbonyl (C=O) groups excluding carboxylic acids is 1. The van der Waals surface area contributed by atoms with E-state index in [2.05, 4.69) is 25.9 Å². The molecule has 0 unspecified atom stereocenters. The second-order valence-corrected chi connectivity index (χ2v) is 7.51. The lowest BCUT2D eigenvalue weighted by atomic mass is 10.2. The maximum atomic E-state index is 12.3. The number of nitro groups is 1. The van der Waals surface area contributed by atoms with Gasteiger partial charge in [0.25, 0.3) is 11.6 Å². The van der Waals surface area contributed by atoms with Crippen molar-refractivity contribution in [2.75, 3.05) is 5.32 Å². The highest BCUT2D eigenvalue weighted by Gasteiger charge is 2.13. The Labute approximate surface area is 178 Å². The normalized spacial score (nSPS) is 10.7. The fraction of sp³-hybridized carbons (Fsp3) is 0.0556. The van der Waals surface area contributed by atoms with E-state index in [0.29, 0.717) is 5.69 Å². The predicted molar refractivity (Wildman–Crippen MR) is 116 cm³/mol. The Bertz CT molecular complexity index is 1280. The van der Waals surface area contributed by atoms with E-state index in [-0.39, 0.29) is 16.4 Å². The minimum Gasteiger partial charge on any atom is -0.332 e. The number of benzene rings is 2. The maximum Gasteiger partial charge on any atom is 0.270 e. The number of nitro benzene ring substituents is 1. The summed E-state index contributed by atoms with van der Waals surface area (Å²) in [5.41, 5.74) is 1.55. The summed E-state index contributed by atoms with van der Waals surface area (Å²) >= 11 is 6.59. The van der Waals surface area contributed by atoms with Crippen LogP contribution in [0.3, 0.4) is 0 Å². The molecular weight excluding hydrogens is 426 g/mol. The van der Waals surface area contributed by atoms with Crippen LogP contribution in [0.1, 0.15) is 16.2 Å². The Morgan fingerprint density at radius 3 is 2.67 bits per heavy atom. The van der Waals surface area contributed by atoms with E-state index in [1.165, 1.54) is 35.6 Å². The van der Waals surface area contributed by atoms with Gasteiger partial charge in [-0.2, -0.15) is 9.61 Å². The van der Waals surface area contributed by atoms with Crippen molar-refractivity contribution in [1.29, 1.82) is 0 Å². The first kappa shape index (κ1) is 19.5. The molecule has 0 aliphatic carbocycles. The number of aryl methyl sites for hydroxylation is 1. The lowest BCUT2D eigenvalue weighted by molar-refractivity contribution is -0.384. The van der Waals surface area contributed by atoms with Gasteiger partial charge >= 0.3 is 0 Å². The Morgan fingerprint density at radius 1 is 1.20 bits per heavy atom. The molecule has 30 heavy (non-hydrogen) atoms. The fourth-order valence-electron chi connectivity index (χ4n) is 2.63. The smallest absolute Gasteiger partial charge is 0.270 e. The maximum absolute atomic E-state index is 12.3. The first-order valence-electron chi connectivity index (χ1n) is 8.57. The number of fused-ring (bicyclic) bond motifs is 1. The Kier molecular flexibility index (Phi) is 5.16. The molecule has 2 aromatic heterocycles. The van der Waals surface area contributed by atoms with Gasteiger partial charge in [-0.25, -0.2) is 0 Å². The number of carbonyl (C=O) groups is 1. The summed E-state index contributed by atoms with van der Waals surface area (Å²) in [5.74, 6) is 0.179. The molecule has 2 N–H and O–H groups in total. The van der Waals surface area contributed by atoms with Crippen molar-refractivity contribution in [2.45, 2.75) is 6.92 Å². The lowest BCUT2D eigenvalue weighted by Crippen LogP contribution is -2.34. The summed E-state index contributed by atoms with van der Waals surface area (Å²) in [6.07, 6.45) is 0. The van der Waals surface area contributed by atoms with Gasteiger partial charge < -0.3 is 5.32 Å². The van der Waals surface area contributed by atoms with E-state index < -0.39 is 10.8 Å². The van der Waals surface area contributed by atoms with Crippen molar-refractivity contribution in [3.63, 3.8) is 0 Å². The van der Waals surface area contributed by atoms with Crippen LogP contribution in [0.15, 0.2) is 48.5 Å². The molecule has 0 bridgehead atoms. The van der Waals surface area contributed by atoms with Crippen LogP contribution in [-0.4, -0.2) is 35.8 Å². The number of aromatic nitrogens is 4. The summed E-state index contributed by atoms with van der Waals surface area (Å²) in [6.45, 7) is 1.83. The quantitative estimate of drug-likeness (QED) is 0.282. The van der Waals surface area contributed by atoms with Crippen LogP contribution in [-0.2, 0) is 0 Å². The highest BCUT2D eigenvalue weighted by atomic mass is 32.1. The highest BCUT2D eigenvalue weighted by Crippen LogP contribution is 2.26. The molecule has 4 aromatic rings. The molecule has 0 fully saturated rings. The van der Waals surface area contributed by atoms with Crippen molar-refractivity contribution in [3.05, 3.63) is 70.0 Å². The molecule has 0 saturated carbocycles. The second-order valence-electron chi connectivity index (χ2n) is 6.14. The molecule has 0 aliphatic rings. The minimum atomic E-state index is -0.563. The average molecular weight is 439 g/mol. The predicted octanol–water partition coefficient (Wildman–Crippen LogP) is 3.20. The van der Waals surface area contributed by atoms with Gasteiger partial charge in [0.15, 0.2) is 10.9 Å². The van der Waals surface area contributed by atoms with E-state index in [9.17, 15) is 14.9 Å². The van der Waals surface area contributed by atoms with Gasteiger partial charge in [0.1, 0.15) is 5.01 Å². The van der Waals surface area contributed by atoms with Crippen molar-refractivity contribution in [2.24, 2.45) is 0 Å². The largest absolute Gasteiger partial charge is 0.332 e. The lowest BCUT2D eigenvalue weighted by Gasteiger charge is -2.10. The molecule has 12 heteroatoms. The Balaban J connectivity index is 1.41. The van der Waals surface area contributed by atoms with E-state index in [1.54, 1.807) is 16.6 Å². The Morgan fingerprint density at radius 2 is 1.97 bits per heavy atom. The molecule has 0 saturated heterocycles. The summed E-state index contributed by atoms with van der Waals surface area (Å²) in [5, 5.41) is 29.6. The standard InChI is InChI=1S/C18H13N7O3S2/c1-10-21-22-18-24(10)23-16(30-18)11-5-7-13(8-6-11)19-17(29)20-15(26)12-3-2-4-14(9-12)25(27)28/h2-9H,1H3,(H2,19,20,26,29). The van der Waals surface area contributed by atoms with Crippen LogP contribution in [0.25, 0.3) is 15.5 Å². The van der Waals surface area contributed by atoms with Crippen molar-refractivity contribution in [3.8, 4) is 10.6 Å². The third-order valence-electron chi connectivity index (χ3n) is 4.08. The van der Waals surface area contributed by atoms with Crippen LogP contribution in [0.5, 0.6) is 0 Å².